The van der Waals surface area contributed by atoms with E-state index in [-0.39, 0.29) is 0 Å². The van der Waals surface area contributed by atoms with Crippen LogP contribution in [0.5, 0.6) is 0 Å². The first-order valence-electron chi connectivity index (χ1n) is 6.44. The van der Waals surface area contributed by atoms with Gasteiger partial charge in [-0.25, -0.2) is 4.79 Å². The summed E-state index contributed by atoms with van der Waals surface area (Å²) in [6, 6.07) is 9.57. The summed E-state index contributed by atoms with van der Waals surface area (Å²) < 4.78 is 5.79. The maximum absolute atomic E-state index is 11.8. The molecule has 0 saturated heterocycles. The summed E-state index contributed by atoms with van der Waals surface area (Å²) in [6.45, 7) is 3.87. The Kier molecular flexibility index (Phi) is 4.53. The summed E-state index contributed by atoms with van der Waals surface area (Å²) in [5.41, 5.74) is 10.4. The molecule has 0 saturated carbocycles. The zero-order chi connectivity index (χ0) is 15.6. The summed E-state index contributed by atoms with van der Waals surface area (Å²) in [4.78, 5) is 11.8. The third-order valence-corrected chi connectivity index (χ3v) is 3.75. The Balaban J connectivity index is 2.40. The molecule has 0 radical (unpaired) electrons. The molecule has 0 amide bonds. The van der Waals surface area contributed by atoms with E-state index >= 15 is 0 Å². The first-order valence-corrected chi connectivity index (χ1v) is 7.23. The van der Waals surface area contributed by atoms with Crippen molar-refractivity contribution in [1.29, 1.82) is 0 Å². The van der Waals surface area contributed by atoms with Gasteiger partial charge in [0.1, 0.15) is 0 Å². The lowest BCUT2D eigenvalue weighted by Crippen LogP contribution is -2.08. The Morgan fingerprint density at radius 1 is 1.19 bits per heavy atom. The number of halogens is 1. The van der Waals surface area contributed by atoms with Gasteiger partial charge < -0.3 is 15.8 Å². The minimum atomic E-state index is -0.438. The molecule has 0 aromatic heterocycles. The fourth-order valence-corrected chi connectivity index (χ4v) is 2.55. The minimum Gasteiger partial charge on any atom is -0.465 e. The first-order chi connectivity index (χ1) is 9.92. The molecule has 110 valence electrons. The molecule has 4 nitrogen and oxygen atoms in total. The van der Waals surface area contributed by atoms with E-state index in [1.165, 1.54) is 7.11 Å². The van der Waals surface area contributed by atoms with E-state index in [2.05, 4.69) is 21.2 Å². The Bertz CT molecular complexity index is 699. The van der Waals surface area contributed by atoms with E-state index in [1.807, 2.05) is 38.1 Å². The second-order valence-corrected chi connectivity index (χ2v) is 5.75. The van der Waals surface area contributed by atoms with Crippen molar-refractivity contribution in [1.82, 2.24) is 0 Å². The molecular formula is C16H17BrN2O2. The largest absolute Gasteiger partial charge is 0.465 e. The molecule has 0 aliphatic carbocycles. The van der Waals surface area contributed by atoms with Gasteiger partial charge in [0.2, 0.25) is 0 Å². The van der Waals surface area contributed by atoms with Gasteiger partial charge in [-0.15, -0.1) is 0 Å². The highest BCUT2D eigenvalue weighted by atomic mass is 79.9. The van der Waals surface area contributed by atoms with Gasteiger partial charge in [-0.05, 0) is 55.3 Å². The van der Waals surface area contributed by atoms with Gasteiger partial charge in [0, 0.05) is 21.5 Å². The average Bonchev–Trinajstić information content (AvgIpc) is 2.44. The van der Waals surface area contributed by atoms with Crippen molar-refractivity contribution >= 4 is 39.0 Å². The van der Waals surface area contributed by atoms with Crippen LogP contribution in [-0.2, 0) is 4.74 Å². The van der Waals surface area contributed by atoms with Crippen LogP contribution in [0.2, 0.25) is 0 Å². The topological polar surface area (TPSA) is 64.3 Å². The Hall–Kier alpha value is -2.01. The van der Waals surface area contributed by atoms with Gasteiger partial charge in [0.05, 0.1) is 12.7 Å². The number of nitrogen functional groups attached to an aromatic ring is 1. The van der Waals surface area contributed by atoms with Crippen molar-refractivity contribution in [2.45, 2.75) is 13.8 Å². The molecule has 0 atom stereocenters. The van der Waals surface area contributed by atoms with E-state index < -0.39 is 5.97 Å². The molecule has 21 heavy (non-hydrogen) atoms. The van der Waals surface area contributed by atoms with Crippen molar-refractivity contribution in [3.05, 3.63) is 51.5 Å². The summed E-state index contributed by atoms with van der Waals surface area (Å²) in [6.07, 6.45) is 0. The predicted octanol–water partition coefficient (Wildman–Crippen LogP) is 4.18. The third kappa shape index (κ3) is 3.36. The average molecular weight is 349 g/mol. The fraction of sp³-hybridized carbons (Fsp3) is 0.188. The highest BCUT2D eigenvalue weighted by Gasteiger charge is 2.13. The number of anilines is 3. The highest BCUT2D eigenvalue weighted by Crippen LogP contribution is 2.28. The van der Waals surface area contributed by atoms with Crippen molar-refractivity contribution < 1.29 is 9.53 Å². The number of benzene rings is 2. The lowest BCUT2D eigenvalue weighted by atomic mass is 10.1. The van der Waals surface area contributed by atoms with Crippen LogP contribution in [0.25, 0.3) is 0 Å². The van der Waals surface area contributed by atoms with Crippen LogP contribution < -0.4 is 11.1 Å². The van der Waals surface area contributed by atoms with Crippen LogP contribution in [0.1, 0.15) is 21.5 Å². The molecule has 2 rings (SSSR count). The monoisotopic (exact) mass is 348 g/mol. The van der Waals surface area contributed by atoms with Crippen LogP contribution in [0, 0.1) is 13.8 Å². The van der Waals surface area contributed by atoms with E-state index in [0.29, 0.717) is 11.3 Å². The second kappa shape index (κ2) is 6.18. The van der Waals surface area contributed by atoms with Crippen molar-refractivity contribution in [2.24, 2.45) is 0 Å². The summed E-state index contributed by atoms with van der Waals surface area (Å²) in [5.74, 6) is -0.438. The maximum atomic E-state index is 11.8. The molecule has 2 aromatic carbocycles. The molecule has 2 aromatic rings. The van der Waals surface area contributed by atoms with Crippen molar-refractivity contribution in [3.8, 4) is 0 Å². The van der Waals surface area contributed by atoms with Gasteiger partial charge in [-0.2, -0.15) is 0 Å². The molecule has 0 unspecified atom stereocenters. The van der Waals surface area contributed by atoms with Crippen molar-refractivity contribution in [3.63, 3.8) is 0 Å². The standard InChI is InChI=1S/C16H17BrN2O2/c1-9-6-11(17)4-5-14(9)19-12-7-10(2)15(18)13(8-12)16(20)21-3/h4-8,19H,18H2,1-3H3. The number of carbonyl (C=O) groups excluding carboxylic acids is 1. The van der Waals surface area contributed by atoms with Gasteiger partial charge in [-0.3, -0.25) is 0 Å². The zero-order valence-electron chi connectivity index (χ0n) is 12.2. The molecule has 0 fully saturated rings. The fourth-order valence-electron chi connectivity index (χ4n) is 2.07. The Labute approximate surface area is 132 Å². The van der Waals surface area contributed by atoms with Gasteiger partial charge in [0.15, 0.2) is 0 Å². The van der Waals surface area contributed by atoms with Crippen LogP contribution in [0.4, 0.5) is 17.1 Å². The molecule has 0 heterocycles. The second-order valence-electron chi connectivity index (χ2n) is 4.83. The van der Waals surface area contributed by atoms with E-state index in [4.69, 9.17) is 10.5 Å². The summed E-state index contributed by atoms with van der Waals surface area (Å²) in [7, 11) is 1.34. The number of carbonyl (C=O) groups is 1. The van der Waals surface area contributed by atoms with Gasteiger partial charge >= 0.3 is 5.97 Å². The molecule has 3 N–H and O–H groups in total. The lowest BCUT2D eigenvalue weighted by molar-refractivity contribution is 0.0602. The molecule has 5 heteroatoms. The van der Waals surface area contributed by atoms with Gasteiger partial charge in [-0.1, -0.05) is 15.9 Å². The third-order valence-electron chi connectivity index (χ3n) is 3.26. The molecular weight excluding hydrogens is 332 g/mol. The van der Waals surface area contributed by atoms with Crippen LogP contribution >= 0.6 is 15.9 Å². The number of hydrogen-bond acceptors (Lipinski definition) is 4. The Morgan fingerprint density at radius 2 is 1.90 bits per heavy atom. The number of rotatable bonds is 3. The van der Waals surface area contributed by atoms with E-state index in [0.717, 1.165) is 27.0 Å². The van der Waals surface area contributed by atoms with E-state index in [9.17, 15) is 4.79 Å². The molecule has 0 spiro atoms. The van der Waals surface area contributed by atoms with E-state index in [1.54, 1.807) is 6.07 Å². The van der Waals surface area contributed by atoms with Crippen LogP contribution in [-0.4, -0.2) is 13.1 Å². The molecule has 0 bridgehead atoms. The number of nitrogens with two attached hydrogens (primary N) is 1. The highest BCUT2D eigenvalue weighted by molar-refractivity contribution is 9.10. The Morgan fingerprint density at radius 3 is 2.52 bits per heavy atom. The predicted molar refractivity (Wildman–Crippen MR) is 89.1 cm³/mol. The molecule has 0 aliphatic rings. The quantitative estimate of drug-likeness (QED) is 0.645. The summed E-state index contributed by atoms with van der Waals surface area (Å²) >= 11 is 3.44. The smallest absolute Gasteiger partial charge is 0.340 e. The van der Waals surface area contributed by atoms with Crippen LogP contribution in [0.15, 0.2) is 34.8 Å². The lowest BCUT2D eigenvalue weighted by Gasteiger charge is -2.14. The SMILES string of the molecule is COC(=O)c1cc(Nc2ccc(Br)cc2C)cc(C)c1N. The number of nitrogens with one attached hydrogen (secondary N) is 1. The zero-order valence-corrected chi connectivity index (χ0v) is 13.7. The van der Waals surface area contributed by atoms with Crippen LogP contribution in [0.3, 0.4) is 0 Å². The maximum Gasteiger partial charge on any atom is 0.340 e. The number of ether oxygens (including phenoxy) is 1. The number of hydrogen-bond donors (Lipinski definition) is 2. The number of esters is 1. The van der Waals surface area contributed by atoms with Crippen molar-refractivity contribution in [2.75, 3.05) is 18.2 Å². The first kappa shape index (κ1) is 15.4. The van der Waals surface area contributed by atoms with Gasteiger partial charge in [0.25, 0.3) is 0 Å². The minimum absolute atomic E-state index is 0.370. The molecule has 0 aliphatic heterocycles. The number of methoxy groups -OCH3 is 1. The number of aryl methyl sites for hydroxylation is 2. The summed E-state index contributed by atoms with van der Waals surface area (Å²) in [5, 5.41) is 3.30. The normalized spacial score (nSPS) is 10.3.